The Morgan fingerprint density at radius 3 is 2.17 bits per heavy atom. The van der Waals surface area contributed by atoms with E-state index >= 15 is 0 Å². The highest BCUT2D eigenvalue weighted by Crippen LogP contribution is 2.40. The predicted molar refractivity (Wildman–Crippen MR) is 119 cm³/mol. The molecule has 164 valence electrons. The Morgan fingerprint density at radius 1 is 0.767 bits per heavy atom. The van der Waals surface area contributed by atoms with Crippen LogP contribution in [0.3, 0.4) is 0 Å². The Kier molecular flexibility index (Phi) is 5.17. The summed E-state index contributed by atoms with van der Waals surface area (Å²) in [7, 11) is 0. The lowest BCUT2D eigenvalue weighted by atomic mass is 9.89. The molecule has 1 spiro atoms. The average Bonchev–Trinajstić information content (AvgIpc) is 3.29. The highest BCUT2D eigenvalue weighted by Gasteiger charge is 2.42. The number of hydrogen-bond donors (Lipinski definition) is 0. The average molecular weight is 412 g/mol. The number of anilines is 1. The van der Waals surface area contributed by atoms with Gasteiger partial charge in [-0.2, -0.15) is 0 Å². The molecule has 1 aliphatic carbocycles. The van der Waals surface area contributed by atoms with Gasteiger partial charge in [0.1, 0.15) is 5.75 Å². The number of ether oxygens (including phenoxy) is 2. The van der Waals surface area contributed by atoms with E-state index in [2.05, 4.69) is 32.9 Å². The van der Waals surface area contributed by atoms with Crippen LogP contribution in [0, 0.1) is 0 Å². The Labute approximate surface area is 181 Å². The summed E-state index contributed by atoms with van der Waals surface area (Å²) in [6.45, 7) is 7.90. The maximum Gasteiger partial charge on any atom is 0.213 e. The van der Waals surface area contributed by atoms with E-state index in [4.69, 9.17) is 9.47 Å². The van der Waals surface area contributed by atoms with E-state index in [1.165, 1.54) is 82.4 Å². The number of likely N-dealkylation sites (tertiary alicyclic amines) is 2. The SMILES string of the molecule is c1cc2c(cc1N1CCC(N3CCCC3)CC1)COC1(CCN(C3CCC3)CC1)O2. The third-order valence-corrected chi connectivity index (χ3v) is 8.47. The second-order valence-electron chi connectivity index (χ2n) is 10.2. The number of benzene rings is 1. The first-order valence-electron chi connectivity index (χ1n) is 12.5. The molecule has 0 radical (unpaired) electrons. The van der Waals surface area contributed by atoms with Crippen molar-refractivity contribution in [2.45, 2.75) is 82.3 Å². The van der Waals surface area contributed by atoms with E-state index in [1.54, 1.807) is 0 Å². The summed E-state index contributed by atoms with van der Waals surface area (Å²) in [6, 6.07) is 8.44. The fourth-order valence-electron chi connectivity index (χ4n) is 6.24. The van der Waals surface area contributed by atoms with Crippen molar-refractivity contribution in [1.82, 2.24) is 9.80 Å². The summed E-state index contributed by atoms with van der Waals surface area (Å²) in [5.41, 5.74) is 2.57. The van der Waals surface area contributed by atoms with Gasteiger partial charge in [0.2, 0.25) is 5.79 Å². The molecule has 4 heterocycles. The highest BCUT2D eigenvalue weighted by atomic mass is 16.7. The molecular formula is C25H37N3O2. The van der Waals surface area contributed by atoms with Gasteiger partial charge in [0.15, 0.2) is 0 Å². The molecule has 30 heavy (non-hydrogen) atoms. The molecule has 1 aromatic rings. The first-order chi connectivity index (χ1) is 14.8. The third-order valence-electron chi connectivity index (χ3n) is 8.47. The van der Waals surface area contributed by atoms with E-state index in [-0.39, 0.29) is 5.79 Å². The molecule has 5 heteroatoms. The van der Waals surface area contributed by atoms with Crippen molar-refractivity contribution in [1.29, 1.82) is 0 Å². The molecule has 0 atom stereocenters. The van der Waals surface area contributed by atoms with Crippen molar-refractivity contribution in [2.75, 3.05) is 44.2 Å². The molecule has 0 amide bonds. The Hall–Kier alpha value is -1.30. The van der Waals surface area contributed by atoms with Gasteiger partial charge in [-0.3, -0.25) is 4.90 Å². The van der Waals surface area contributed by atoms with Gasteiger partial charge >= 0.3 is 0 Å². The quantitative estimate of drug-likeness (QED) is 0.750. The van der Waals surface area contributed by atoms with Crippen LogP contribution in [0.1, 0.15) is 63.4 Å². The maximum atomic E-state index is 6.49. The summed E-state index contributed by atoms with van der Waals surface area (Å²) < 4.78 is 12.9. The predicted octanol–water partition coefficient (Wildman–Crippen LogP) is 4.00. The summed E-state index contributed by atoms with van der Waals surface area (Å²) in [5, 5.41) is 0. The first-order valence-corrected chi connectivity index (χ1v) is 12.5. The first kappa shape index (κ1) is 19.4. The smallest absolute Gasteiger partial charge is 0.213 e. The summed E-state index contributed by atoms with van der Waals surface area (Å²) in [4.78, 5) is 7.95. The molecule has 0 N–H and O–H groups in total. The fraction of sp³-hybridized carbons (Fsp3) is 0.760. The van der Waals surface area contributed by atoms with Crippen molar-refractivity contribution >= 4 is 5.69 Å². The van der Waals surface area contributed by atoms with Gasteiger partial charge in [0.05, 0.1) is 6.61 Å². The molecule has 6 rings (SSSR count). The second-order valence-corrected chi connectivity index (χ2v) is 10.2. The number of fused-ring (bicyclic) bond motifs is 1. The molecule has 4 fully saturated rings. The zero-order chi connectivity index (χ0) is 20.0. The Morgan fingerprint density at radius 2 is 1.47 bits per heavy atom. The van der Waals surface area contributed by atoms with Gasteiger partial charge < -0.3 is 19.3 Å². The van der Waals surface area contributed by atoms with Crippen molar-refractivity contribution in [3.05, 3.63) is 23.8 Å². The highest BCUT2D eigenvalue weighted by molar-refractivity contribution is 5.54. The topological polar surface area (TPSA) is 28.2 Å². The maximum absolute atomic E-state index is 6.49. The lowest BCUT2D eigenvalue weighted by Gasteiger charge is -2.47. The van der Waals surface area contributed by atoms with E-state index in [0.29, 0.717) is 6.61 Å². The van der Waals surface area contributed by atoms with Gasteiger partial charge in [-0.15, -0.1) is 0 Å². The van der Waals surface area contributed by atoms with Crippen LogP contribution in [0.25, 0.3) is 0 Å². The normalized spacial score (nSPS) is 28.3. The van der Waals surface area contributed by atoms with Crippen molar-refractivity contribution in [2.24, 2.45) is 0 Å². The monoisotopic (exact) mass is 411 g/mol. The van der Waals surface area contributed by atoms with E-state index in [0.717, 1.165) is 43.8 Å². The molecule has 0 aromatic heterocycles. The minimum Gasteiger partial charge on any atom is -0.462 e. The van der Waals surface area contributed by atoms with Crippen molar-refractivity contribution in [3.63, 3.8) is 0 Å². The van der Waals surface area contributed by atoms with Crippen LogP contribution in [-0.4, -0.2) is 66.9 Å². The van der Waals surface area contributed by atoms with Gasteiger partial charge in [0.25, 0.3) is 0 Å². The molecule has 5 nitrogen and oxygen atoms in total. The van der Waals surface area contributed by atoms with Gasteiger partial charge in [-0.25, -0.2) is 0 Å². The van der Waals surface area contributed by atoms with Gasteiger partial charge in [-0.1, -0.05) is 6.42 Å². The molecule has 5 aliphatic rings. The molecule has 1 aromatic carbocycles. The van der Waals surface area contributed by atoms with Crippen LogP contribution in [0.4, 0.5) is 5.69 Å². The van der Waals surface area contributed by atoms with E-state index < -0.39 is 0 Å². The minimum atomic E-state index is -0.386. The molecule has 3 saturated heterocycles. The van der Waals surface area contributed by atoms with Crippen LogP contribution in [0.2, 0.25) is 0 Å². The van der Waals surface area contributed by atoms with Crippen molar-refractivity contribution in [3.8, 4) is 5.75 Å². The number of nitrogens with zero attached hydrogens (tertiary/aromatic N) is 3. The van der Waals surface area contributed by atoms with Crippen molar-refractivity contribution < 1.29 is 9.47 Å². The summed E-state index contributed by atoms with van der Waals surface area (Å²) in [5.74, 6) is 0.664. The van der Waals surface area contributed by atoms with E-state index in [1.807, 2.05) is 0 Å². The molecule has 4 aliphatic heterocycles. The van der Waals surface area contributed by atoms with E-state index in [9.17, 15) is 0 Å². The second kappa shape index (κ2) is 7.99. The van der Waals surface area contributed by atoms with Crippen LogP contribution in [0.15, 0.2) is 18.2 Å². The molecule has 0 bridgehead atoms. The zero-order valence-corrected chi connectivity index (χ0v) is 18.4. The Balaban J connectivity index is 1.07. The third kappa shape index (κ3) is 3.63. The number of piperidine rings is 2. The minimum absolute atomic E-state index is 0.386. The van der Waals surface area contributed by atoms with Crippen LogP contribution in [0.5, 0.6) is 5.75 Å². The standard InChI is InChI=1S/C25H37N3O2/c1-2-13-26(12-1)22-8-14-27(15-9-22)23-6-7-24-20(18-23)19-29-25(30-24)10-16-28(17-11-25)21-4-3-5-21/h6-7,18,21-22H,1-5,8-17,19H2. The largest absolute Gasteiger partial charge is 0.462 e. The van der Waals surface area contributed by atoms with Crippen LogP contribution < -0.4 is 9.64 Å². The van der Waals surface area contributed by atoms with Gasteiger partial charge in [-0.05, 0) is 69.8 Å². The summed E-state index contributed by atoms with van der Waals surface area (Å²) in [6.07, 6.45) is 11.5. The number of rotatable bonds is 3. The zero-order valence-electron chi connectivity index (χ0n) is 18.4. The molecule has 1 saturated carbocycles. The van der Waals surface area contributed by atoms with Crippen LogP contribution in [-0.2, 0) is 11.3 Å². The lowest BCUT2D eigenvalue weighted by molar-refractivity contribution is -0.231. The van der Waals surface area contributed by atoms with Crippen LogP contribution >= 0.6 is 0 Å². The van der Waals surface area contributed by atoms with Gasteiger partial charge in [0, 0.05) is 62.4 Å². The summed E-state index contributed by atoms with van der Waals surface area (Å²) >= 11 is 0. The lowest BCUT2D eigenvalue weighted by Crippen LogP contribution is -2.54. The molecular weight excluding hydrogens is 374 g/mol. The molecule has 0 unspecified atom stereocenters. The fourth-order valence-corrected chi connectivity index (χ4v) is 6.24. The number of hydrogen-bond acceptors (Lipinski definition) is 5. The Bertz CT molecular complexity index is 743.